The van der Waals surface area contributed by atoms with Gasteiger partial charge >= 0.3 is 6.18 Å². The minimum atomic E-state index is -4.02. The van der Waals surface area contributed by atoms with Gasteiger partial charge in [0, 0.05) is 19.6 Å². The zero-order chi connectivity index (χ0) is 11.0. The van der Waals surface area contributed by atoms with Gasteiger partial charge in [0.05, 0.1) is 0 Å². The Hall–Kier alpha value is -0.250. The van der Waals surface area contributed by atoms with Crippen LogP contribution in [0.25, 0.3) is 0 Å². The van der Waals surface area contributed by atoms with Crippen LogP contribution in [0.4, 0.5) is 13.2 Å². The van der Waals surface area contributed by atoms with Crippen LogP contribution in [0.15, 0.2) is 0 Å². The van der Waals surface area contributed by atoms with Gasteiger partial charge in [0.15, 0.2) is 0 Å². The fraction of sp³-hybridized carbons (Fsp3) is 1.00. The summed E-state index contributed by atoms with van der Waals surface area (Å²) in [7, 11) is 0. The second kappa shape index (κ2) is 7.10. The summed E-state index contributed by atoms with van der Waals surface area (Å²) in [5.41, 5.74) is 0. The van der Waals surface area contributed by atoms with Crippen molar-refractivity contribution in [3.8, 4) is 0 Å². The number of hydrogen-bond acceptors (Lipinski definition) is 1. The van der Waals surface area contributed by atoms with E-state index in [1.807, 2.05) is 0 Å². The van der Waals surface area contributed by atoms with E-state index in [0.29, 0.717) is 25.6 Å². The van der Waals surface area contributed by atoms with Crippen LogP contribution in [0, 0.1) is 5.92 Å². The second-order valence-corrected chi connectivity index (χ2v) is 3.66. The fourth-order valence-electron chi connectivity index (χ4n) is 0.932. The molecule has 0 saturated carbocycles. The van der Waals surface area contributed by atoms with Gasteiger partial charge in [-0.3, -0.25) is 0 Å². The molecule has 0 amide bonds. The monoisotopic (exact) mass is 212 g/mol. The Balaban J connectivity index is 3.14. The molecule has 0 aromatic rings. The first kappa shape index (κ1) is 13.8. The number of halogens is 3. The lowest BCUT2D eigenvalue weighted by molar-refractivity contribution is -0.136. The Labute approximate surface area is 83.6 Å². The minimum Gasteiger partial charge on any atom is -0.381 e. The number of alkyl halides is 3. The van der Waals surface area contributed by atoms with Crippen molar-refractivity contribution in [2.45, 2.75) is 45.7 Å². The number of hydrogen-bond donors (Lipinski definition) is 0. The molecular formula is C10H19F3O. The minimum absolute atomic E-state index is 0.171. The van der Waals surface area contributed by atoms with Crippen molar-refractivity contribution in [2.75, 3.05) is 13.2 Å². The predicted octanol–water partition coefficient (Wildman–Crippen LogP) is 3.78. The van der Waals surface area contributed by atoms with E-state index in [4.69, 9.17) is 4.74 Å². The first-order valence-corrected chi connectivity index (χ1v) is 5.10. The molecule has 0 fully saturated rings. The van der Waals surface area contributed by atoms with Gasteiger partial charge in [0.25, 0.3) is 0 Å². The topological polar surface area (TPSA) is 9.23 Å². The summed E-state index contributed by atoms with van der Waals surface area (Å²) < 4.78 is 40.4. The van der Waals surface area contributed by atoms with Gasteiger partial charge in [0.2, 0.25) is 0 Å². The lowest BCUT2D eigenvalue weighted by Gasteiger charge is -2.09. The zero-order valence-electron chi connectivity index (χ0n) is 8.86. The highest BCUT2D eigenvalue weighted by atomic mass is 19.4. The van der Waals surface area contributed by atoms with Gasteiger partial charge in [-0.25, -0.2) is 0 Å². The molecule has 0 saturated heterocycles. The molecule has 0 bridgehead atoms. The van der Waals surface area contributed by atoms with Crippen LogP contribution in [0.5, 0.6) is 0 Å². The maximum absolute atomic E-state index is 11.7. The van der Waals surface area contributed by atoms with Crippen molar-refractivity contribution in [3.05, 3.63) is 0 Å². The maximum atomic E-state index is 11.7. The maximum Gasteiger partial charge on any atom is 0.389 e. The van der Waals surface area contributed by atoms with Crippen LogP contribution < -0.4 is 0 Å². The van der Waals surface area contributed by atoms with E-state index in [1.165, 1.54) is 0 Å². The van der Waals surface area contributed by atoms with Gasteiger partial charge in [-0.2, -0.15) is 13.2 Å². The van der Waals surface area contributed by atoms with Crippen LogP contribution in [-0.4, -0.2) is 19.4 Å². The third kappa shape index (κ3) is 9.84. The van der Waals surface area contributed by atoms with Crippen molar-refractivity contribution in [2.24, 2.45) is 5.92 Å². The standard InChI is InChI=1S/C10H19F3O/c1-3-9(2)8-14-7-5-4-6-10(11,12)13/h9H,3-8H2,1-2H3. The van der Waals surface area contributed by atoms with Crippen molar-refractivity contribution in [1.29, 1.82) is 0 Å². The fourth-order valence-corrected chi connectivity index (χ4v) is 0.932. The largest absolute Gasteiger partial charge is 0.389 e. The van der Waals surface area contributed by atoms with Crippen molar-refractivity contribution in [3.63, 3.8) is 0 Å². The molecule has 0 aromatic heterocycles. The molecule has 0 aliphatic carbocycles. The Morgan fingerprint density at radius 2 is 1.86 bits per heavy atom. The molecule has 4 heteroatoms. The molecule has 0 spiro atoms. The highest BCUT2D eigenvalue weighted by Crippen LogP contribution is 2.22. The second-order valence-electron chi connectivity index (χ2n) is 3.66. The molecule has 0 aliphatic heterocycles. The highest BCUT2D eigenvalue weighted by Gasteiger charge is 2.25. The third-order valence-electron chi connectivity index (χ3n) is 2.10. The molecule has 0 aliphatic rings. The summed E-state index contributed by atoms with van der Waals surface area (Å²) in [6.45, 7) is 5.23. The Morgan fingerprint density at radius 3 is 2.36 bits per heavy atom. The third-order valence-corrected chi connectivity index (χ3v) is 2.10. The molecule has 1 atom stereocenters. The molecule has 0 aromatic carbocycles. The van der Waals surface area contributed by atoms with Gasteiger partial charge in [-0.15, -0.1) is 0 Å². The summed E-state index contributed by atoms with van der Waals surface area (Å²) in [5, 5.41) is 0. The number of ether oxygens (including phenoxy) is 1. The molecular weight excluding hydrogens is 193 g/mol. The molecule has 0 N–H and O–H groups in total. The van der Waals surface area contributed by atoms with E-state index in [2.05, 4.69) is 13.8 Å². The SMILES string of the molecule is CCC(C)COCCCCC(F)(F)F. The van der Waals surface area contributed by atoms with Gasteiger partial charge < -0.3 is 4.74 Å². The predicted molar refractivity (Wildman–Crippen MR) is 50.2 cm³/mol. The van der Waals surface area contributed by atoms with Crippen LogP contribution in [0.3, 0.4) is 0 Å². The number of rotatable bonds is 7. The van der Waals surface area contributed by atoms with Crippen molar-refractivity contribution < 1.29 is 17.9 Å². The average molecular weight is 212 g/mol. The van der Waals surface area contributed by atoms with Crippen LogP contribution >= 0.6 is 0 Å². The summed E-state index contributed by atoms with van der Waals surface area (Å²) >= 11 is 0. The molecule has 14 heavy (non-hydrogen) atoms. The van der Waals surface area contributed by atoms with E-state index < -0.39 is 12.6 Å². The summed E-state index contributed by atoms with van der Waals surface area (Å²) in [5.74, 6) is 0.498. The van der Waals surface area contributed by atoms with Crippen LogP contribution in [-0.2, 0) is 4.74 Å². The van der Waals surface area contributed by atoms with Gasteiger partial charge in [-0.05, 0) is 18.8 Å². The van der Waals surface area contributed by atoms with Crippen molar-refractivity contribution >= 4 is 0 Å². The lowest BCUT2D eigenvalue weighted by Crippen LogP contribution is -2.09. The van der Waals surface area contributed by atoms with E-state index in [0.717, 1.165) is 6.42 Å². The van der Waals surface area contributed by atoms with E-state index in [-0.39, 0.29) is 6.42 Å². The highest BCUT2D eigenvalue weighted by molar-refractivity contribution is 4.51. The van der Waals surface area contributed by atoms with Crippen LogP contribution in [0.2, 0.25) is 0 Å². The summed E-state index contributed by atoms with van der Waals surface area (Å²) in [6.07, 6.45) is -3.00. The van der Waals surface area contributed by atoms with Gasteiger partial charge in [-0.1, -0.05) is 20.3 Å². The lowest BCUT2D eigenvalue weighted by atomic mass is 10.1. The summed E-state index contributed by atoms with van der Waals surface area (Å²) in [6, 6.07) is 0. The average Bonchev–Trinajstić information content (AvgIpc) is 2.08. The Bertz CT molecular complexity index is 134. The molecule has 0 rings (SSSR count). The quantitative estimate of drug-likeness (QED) is 0.583. The Kier molecular flexibility index (Phi) is 6.97. The first-order chi connectivity index (χ1) is 6.45. The van der Waals surface area contributed by atoms with E-state index >= 15 is 0 Å². The smallest absolute Gasteiger partial charge is 0.381 e. The van der Waals surface area contributed by atoms with E-state index in [9.17, 15) is 13.2 Å². The van der Waals surface area contributed by atoms with Crippen LogP contribution in [0.1, 0.15) is 39.5 Å². The number of unbranched alkanes of at least 4 members (excludes halogenated alkanes) is 1. The first-order valence-electron chi connectivity index (χ1n) is 5.10. The molecule has 86 valence electrons. The molecule has 1 nitrogen and oxygen atoms in total. The normalized spacial score (nSPS) is 14.4. The molecule has 1 unspecified atom stereocenters. The zero-order valence-corrected chi connectivity index (χ0v) is 8.86. The molecule has 0 heterocycles. The Morgan fingerprint density at radius 1 is 1.21 bits per heavy atom. The molecule has 0 radical (unpaired) electrons. The van der Waals surface area contributed by atoms with E-state index in [1.54, 1.807) is 0 Å². The summed E-state index contributed by atoms with van der Waals surface area (Å²) in [4.78, 5) is 0. The van der Waals surface area contributed by atoms with Gasteiger partial charge in [0.1, 0.15) is 0 Å². The van der Waals surface area contributed by atoms with Crippen molar-refractivity contribution in [1.82, 2.24) is 0 Å².